The van der Waals surface area contributed by atoms with Crippen molar-refractivity contribution in [2.45, 2.75) is 13.8 Å². The quantitative estimate of drug-likeness (QED) is 0.446. The van der Waals surface area contributed by atoms with Crippen LogP contribution in [0.25, 0.3) is 6.08 Å². The SMILES string of the molecule is CCN(CC)C(=O)COc1ccc(C=C2C(=O)NC(=S)NC2=O)cc1. The van der Waals surface area contributed by atoms with E-state index in [4.69, 9.17) is 17.0 Å². The van der Waals surface area contributed by atoms with Crippen LogP contribution < -0.4 is 15.4 Å². The topological polar surface area (TPSA) is 87.7 Å². The van der Waals surface area contributed by atoms with Crippen molar-refractivity contribution in [2.75, 3.05) is 19.7 Å². The Kier molecular flexibility index (Phi) is 6.24. The lowest BCUT2D eigenvalue weighted by Crippen LogP contribution is -2.51. The lowest BCUT2D eigenvalue weighted by molar-refractivity contribution is -0.133. The summed E-state index contributed by atoms with van der Waals surface area (Å²) in [6, 6.07) is 6.73. The van der Waals surface area contributed by atoms with E-state index in [0.717, 1.165) is 0 Å². The second kappa shape index (κ2) is 8.39. The number of nitrogens with zero attached hydrogens (tertiary/aromatic N) is 1. The highest BCUT2D eigenvalue weighted by molar-refractivity contribution is 7.80. The third kappa shape index (κ3) is 4.87. The van der Waals surface area contributed by atoms with Crippen LogP contribution in [0.3, 0.4) is 0 Å². The zero-order chi connectivity index (χ0) is 18.4. The Bertz CT molecular complexity index is 702. The minimum absolute atomic E-state index is 0.00577. The Balaban J connectivity index is 2.01. The van der Waals surface area contributed by atoms with Gasteiger partial charge in [0.15, 0.2) is 11.7 Å². The van der Waals surface area contributed by atoms with Crippen molar-refractivity contribution in [1.82, 2.24) is 15.5 Å². The molecule has 0 aliphatic carbocycles. The smallest absolute Gasteiger partial charge is 0.263 e. The van der Waals surface area contributed by atoms with Gasteiger partial charge in [0.05, 0.1) is 0 Å². The van der Waals surface area contributed by atoms with Crippen LogP contribution in [0.5, 0.6) is 5.75 Å². The lowest BCUT2D eigenvalue weighted by atomic mass is 10.1. The van der Waals surface area contributed by atoms with Gasteiger partial charge >= 0.3 is 0 Å². The third-order valence-corrected chi connectivity index (χ3v) is 3.82. The summed E-state index contributed by atoms with van der Waals surface area (Å²) in [6.45, 7) is 5.06. The van der Waals surface area contributed by atoms with E-state index in [-0.39, 0.29) is 23.2 Å². The van der Waals surface area contributed by atoms with Gasteiger partial charge in [-0.1, -0.05) is 12.1 Å². The molecular formula is C17H19N3O4S. The Morgan fingerprint density at radius 1 is 1.12 bits per heavy atom. The van der Waals surface area contributed by atoms with E-state index in [1.54, 1.807) is 29.2 Å². The zero-order valence-corrected chi connectivity index (χ0v) is 14.8. The first kappa shape index (κ1) is 18.6. The maximum atomic E-state index is 11.9. The molecule has 7 nitrogen and oxygen atoms in total. The first-order chi connectivity index (χ1) is 11.9. The Morgan fingerprint density at radius 2 is 1.68 bits per heavy atom. The molecule has 0 radical (unpaired) electrons. The average molecular weight is 361 g/mol. The lowest BCUT2D eigenvalue weighted by Gasteiger charge is -2.18. The molecular weight excluding hydrogens is 342 g/mol. The number of carbonyl (C=O) groups excluding carboxylic acids is 3. The molecule has 3 amide bonds. The molecule has 1 aromatic carbocycles. The summed E-state index contributed by atoms with van der Waals surface area (Å²) in [5.74, 6) is -0.637. The van der Waals surface area contributed by atoms with Crippen molar-refractivity contribution in [2.24, 2.45) is 0 Å². The van der Waals surface area contributed by atoms with Crippen LogP contribution in [0.15, 0.2) is 29.8 Å². The predicted molar refractivity (Wildman–Crippen MR) is 96.7 cm³/mol. The number of hydrogen-bond acceptors (Lipinski definition) is 5. The molecule has 1 aliphatic heterocycles. The highest BCUT2D eigenvalue weighted by atomic mass is 32.1. The summed E-state index contributed by atoms with van der Waals surface area (Å²) in [7, 11) is 0. The highest BCUT2D eigenvalue weighted by Crippen LogP contribution is 2.15. The van der Waals surface area contributed by atoms with E-state index in [2.05, 4.69) is 10.6 Å². The Morgan fingerprint density at radius 3 is 2.20 bits per heavy atom. The van der Waals surface area contributed by atoms with E-state index < -0.39 is 11.8 Å². The van der Waals surface area contributed by atoms with Gasteiger partial charge in [0.2, 0.25) is 0 Å². The van der Waals surface area contributed by atoms with Crippen LogP contribution in [0.2, 0.25) is 0 Å². The summed E-state index contributed by atoms with van der Waals surface area (Å²) in [5.41, 5.74) is 0.620. The molecule has 1 aliphatic rings. The van der Waals surface area contributed by atoms with Gasteiger partial charge in [0, 0.05) is 13.1 Å². The molecule has 1 aromatic rings. The van der Waals surface area contributed by atoms with Crippen molar-refractivity contribution in [3.63, 3.8) is 0 Å². The monoisotopic (exact) mass is 361 g/mol. The first-order valence-corrected chi connectivity index (χ1v) is 8.24. The first-order valence-electron chi connectivity index (χ1n) is 7.83. The van der Waals surface area contributed by atoms with Crippen LogP contribution in [0.1, 0.15) is 19.4 Å². The van der Waals surface area contributed by atoms with Gasteiger partial charge in [-0.25, -0.2) is 0 Å². The fraction of sp³-hybridized carbons (Fsp3) is 0.294. The van der Waals surface area contributed by atoms with E-state index >= 15 is 0 Å². The summed E-state index contributed by atoms with van der Waals surface area (Å²) < 4.78 is 5.47. The fourth-order valence-corrected chi connectivity index (χ4v) is 2.43. The number of nitrogens with one attached hydrogen (secondary N) is 2. The molecule has 0 aromatic heterocycles. The van der Waals surface area contributed by atoms with Gasteiger partial charge in [-0.3, -0.25) is 25.0 Å². The van der Waals surface area contributed by atoms with Crippen LogP contribution >= 0.6 is 12.2 Å². The Labute approximate surface area is 151 Å². The number of amides is 3. The number of hydrogen-bond donors (Lipinski definition) is 2. The zero-order valence-electron chi connectivity index (χ0n) is 14.0. The van der Waals surface area contributed by atoms with Crippen molar-refractivity contribution in [1.29, 1.82) is 0 Å². The van der Waals surface area contributed by atoms with E-state index in [1.807, 2.05) is 13.8 Å². The second-order valence-corrected chi connectivity index (χ2v) is 5.63. The van der Waals surface area contributed by atoms with Crippen molar-refractivity contribution in [3.05, 3.63) is 35.4 Å². The molecule has 0 spiro atoms. The maximum Gasteiger partial charge on any atom is 0.263 e. The van der Waals surface area contributed by atoms with E-state index in [9.17, 15) is 14.4 Å². The summed E-state index contributed by atoms with van der Waals surface area (Å²) >= 11 is 4.74. The molecule has 0 bridgehead atoms. The number of thiocarbonyl (C=S) groups is 1. The van der Waals surface area contributed by atoms with Gasteiger partial charge in [-0.05, 0) is 49.8 Å². The van der Waals surface area contributed by atoms with Gasteiger partial charge in [-0.2, -0.15) is 0 Å². The number of carbonyl (C=O) groups is 3. The maximum absolute atomic E-state index is 11.9. The molecule has 8 heteroatoms. The van der Waals surface area contributed by atoms with E-state index in [0.29, 0.717) is 24.4 Å². The molecule has 0 unspecified atom stereocenters. The Hall–Kier alpha value is -2.74. The molecule has 1 heterocycles. The van der Waals surface area contributed by atoms with Crippen molar-refractivity contribution < 1.29 is 19.1 Å². The van der Waals surface area contributed by atoms with E-state index in [1.165, 1.54) is 6.08 Å². The van der Waals surface area contributed by atoms with Crippen LogP contribution in [-0.2, 0) is 14.4 Å². The summed E-state index contributed by atoms with van der Waals surface area (Å²) in [4.78, 5) is 37.2. The van der Waals surface area contributed by atoms with Gasteiger partial charge in [0.1, 0.15) is 11.3 Å². The second-order valence-electron chi connectivity index (χ2n) is 5.22. The summed E-state index contributed by atoms with van der Waals surface area (Å²) in [5, 5.41) is 4.74. The fourth-order valence-electron chi connectivity index (χ4n) is 2.25. The molecule has 1 fully saturated rings. The van der Waals surface area contributed by atoms with Crippen molar-refractivity contribution in [3.8, 4) is 5.75 Å². The number of rotatable bonds is 6. The number of benzene rings is 1. The summed E-state index contributed by atoms with van der Waals surface area (Å²) in [6.07, 6.45) is 1.46. The largest absolute Gasteiger partial charge is 0.484 e. The average Bonchev–Trinajstić information content (AvgIpc) is 2.58. The molecule has 25 heavy (non-hydrogen) atoms. The van der Waals surface area contributed by atoms with Gasteiger partial charge < -0.3 is 9.64 Å². The highest BCUT2D eigenvalue weighted by Gasteiger charge is 2.25. The number of likely N-dealkylation sites (N-methyl/N-ethyl adjacent to an activating group) is 1. The standard InChI is InChI=1S/C17H19N3O4S/c1-3-20(4-2)14(21)10-24-12-7-5-11(6-8-12)9-13-15(22)18-17(25)19-16(13)23/h5-9H,3-4,10H2,1-2H3,(H2,18,19,22,23,25). The van der Waals surface area contributed by atoms with Gasteiger partial charge in [0.25, 0.3) is 17.7 Å². The minimum atomic E-state index is -0.543. The molecule has 2 N–H and O–H groups in total. The van der Waals surface area contributed by atoms with Gasteiger partial charge in [-0.15, -0.1) is 0 Å². The van der Waals surface area contributed by atoms with Crippen LogP contribution in [0, 0.1) is 0 Å². The molecule has 0 saturated carbocycles. The van der Waals surface area contributed by atoms with Crippen LogP contribution in [-0.4, -0.2) is 47.4 Å². The minimum Gasteiger partial charge on any atom is -0.484 e. The molecule has 1 saturated heterocycles. The molecule has 132 valence electrons. The normalized spacial score (nSPS) is 13.8. The number of ether oxygens (including phenoxy) is 1. The van der Waals surface area contributed by atoms with Crippen molar-refractivity contribution >= 4 is 41.1 Å². The third-order valence-electron chi connectivity index (χ3n) is 3.61. The van der Waals surface area contributed by atoms with Crippen LogP contribution in [0.4, 0.5) is 0 Å². The predicted octanol–water partition coefficient (Wildman–Crippen LogP) is 0.848. The molecule has 0 atom stereocenters. The molecule has 2 rings (SSSR count).